The highest BCUT2D eigenvalue weighted by Gasteiger charge is 2.15. The lowest BCUT2D eigenvalue weighted by Crippen LogP contribution is -2.13. The smallest absolute Gasteiger partial charge is 0.135 e. The van der Waals surface area contributed by atoms with Gasteiger partial charge in [-0.3, -0.25) is 0 Å². The molecule has 0 aromatic carbocycles. The molecule has 0 aliphatic carbocycles. The molecule has 1 atom stereocenters. The normalized spacial score (nSPS) is 12.2. The lowest BCUT2D eigenvalue weighted by atomic mass is 10.1. The fourth-order valence-electron chi connectivity index (χ4n) is 2.24. The van der Waals surface area contributed by atoms with Crippen LogP contribution >= 0.6 is 11.3 Å². The molecule has 2 rings (SSSR count). The van der Waals surface area contributed by atoms with Crippen molar-refractivity contribution < 1.29 is 0 Å². The number of hydrogen-bond acceptors (Lipinski definition) is 5. The third-order valence-electron chi connectivity index (χ3n) is 3.27. The zero-order chi connectivity index (χ0) is 14.5. The number of nitrogens with zero attached hydrogens (tertiary/aromatic N) is 2. The van der Waals surface area contributed by atoms with E-state index in [2.05, 4.69) is 45.0 Å². The van der Waals surface area contributed by atoms with Gasteiger partial charge in [0, 0.05) is 17.5 Å². The SMILES string of the molecule is CCCC(Nc1nc(C)nc(NC)c1C)c1cccs1. The van der Waals surface area contributed by atoms with Gasteiger partial charge in [-0.1, -0.05) is 19.4 Å². The van der Waals surface area contributed by atoms with E-state index in [9.17, 15) is 0 Å². The monoisotopic (exact) mass is 290 g/mol. The van der Waals surface area contributed by atoms with Crippen LogP contribution in [0.3, 0.4) is 0 Å². The van der Waals surface area contributed by atoms with Gasteiger partial charge in [0.05, 0.1) is 6.04 Å². The molecule has 1 unspecified atom stereocenters. The van der Waals surface area contributed by atoms with Gasteiger partial charge in [-0.25, -0.2) is 9.97 Å². The minimum atomic E-state index is 0.317. The van der Waals surface area contributed by atoms with Gasteiger partial charge in [-0.05, 0) is 31.7 Å². The molecule has 2 aromatic rings. The number of thiophene rings is 1. The summed E-state index contributed by atoms with van der Waals surface area (Å²) in [4.78, 5) is 10.3. The number of aryl methyl sites for hydroxylation is 1. The van der Waals surface area contributed by atoms with Crippen molar-refractivity contribution in [1.29, 1.82) is 0 Å². The van der Waals surface area contributed by atoms with Crippen molar-refractivity contribution in [2.45, 2.75) is 39.7 Å². The van der Waals surface area contributed by atoms with Crippen molar-refractivity contribution >= 4 is 23.0 Å². The third kappa shape index (κ3) is 3.28. The molecule has 108 valence electrons. The van der Waals surface area contributed by atoms with Crippen molar-refractivity contribution in [2.75, 3.05) is 17.7 Å². The molecule has 5 heteroatoms. The highest BCUT2D eigenvalue weighted by Crippen LogP contribution is 2.29. The van der Waals surface area contributed by atoms with Gasteiger partial charge in [0.2, 0.25) is 0 Å². The lowest BCUT2D eigenvalue weighted by Gasteiger charge is -2.20. The largest absolute Gasteiger partial charge is 0.373 e. The molecule has 0 spiro atoms. The Morgan fingerprint density at radius 3 is 2.60 bits per heavy atom. The molecule has 0 aliphatic heterocycles. The molecule has 2 N–H and O–H groups in total. The highest BCUT2D eigenvalue weighted by molar-refractivity contribution is 7.10. The highest BCUT2D eigenvalue weighted by atomic mass is 32.1. The maximum absolute atomic E-state index is 4.56. The molecule has 0 saturated carbocycles. The summed E-state index contributed by atoms with van der Waals surface area (Å²) < 4.78 is 0. The van der Waals surface area contributed by atoms with E-state index >= 15 is 0 Å². The Morgan fingerprint density at radius 1 is 1.25 bits per heavy atom. The van der Waals surface area contributed by atoms with E-state index in [0.29, 0.717) is 6.04 Å². The summed E-state index contributed by atoms with van der Waals surface area (Å²) in [5.41, 5.74) is 1.07. The Labute approximate surface area is 124 Å². The van der Waals surface area contributed by atoms with Crippen molar-refractivity contribution in [2.24, 2.45) is 0 Å². The lowest BCUT2D eigenvalue weighted by molar-refractivity contribution is 0.683. The Kier molecular flexibility index (Phi) is 4.95. The van der Waals surface area contributed by atoms with Crippen LogP contribution in [0.15, 0.2) is 17.5 Å². The van der Waals surface area contributed by atoms with Crippen molar-refractivity contribution in [3.8, 4) is 0 Å². The Hall–Kier alpha value is -1.62. The molecule has 0 amide bonds. The predicted octanol–water partition coefficient (Wildman–Crippen LogP) is 4.15. The molecule has 0 bridgehead atoms. The van der Waals surface area contributed by atoms with Crippen LogP contribution in [0.2, 0.25) is 0 Å². The quantitative estimate of drug-likeness (QED) is 0.839. The molecule has 2 heterocycles. The minimum absolute atomic E-state index is 0.317. The van der Waals surface area contributed by atoms with E-state index < -0.39 is 0 Å². The number of nitrogens with one attached hydrogen (secondary N) is 2. The average molecular weight is 290 g/mol. The van der Waals surface area contributed by atoms with Crippen LogP contribution in [-0.2, 0) is 0 Å². The molecular formula is C15H22N4S. The van der Waals surface area contributed by atoms with E-state index in [1.807, 2.05) is 20.9 Å². The van der Waals surface area contributed by atoms with E-state index in [1.54, 1.807) is 11.3 Å². The first-order valence-electron chi connectivity index (χ1n) is 6.98. The van der Waals surface area contributed by atoms with Crippen molar-refractivity contribution in [3.63, 3.8) is 0 Å². The number of aromatic nitrogens is 2. The number of rotatable bonds is 6. The second kappa shape index (κ2) is 6.70. The van der Waals surface area contributed by atoms with E-state index in [4.69, 9.17) is 0 Å². The number of anilines is 2. The second-order valence-electron chi connectivity index (χ2n) is 4.84. The summed E-state index contributed by atoms with van der Waals surface area (Å²) in [5, 5.41) is 8.84. The number of hydrogen-bond donors (Lipinski definition) is 2. The van der Waals surface area contributed by atoms with Crippen LogP contribution in [0, 0.1) is 13.8 Å². The summed E-state index contributed by atoms with van der Waals surface area (Å²) >= 11 is 1.79. The van der Waals surface area contributed by atoms with Crippen molar-refractivity contribution in [1.82, 2.24) is 9.97 Å². The summed E-state index contributed by atoms with van der Waals surface area (Å²) in [7, 11) is 1.89. The van der Waals surface area contributed by atoms with E-state index in [-0.39, 0.29) is 0 Å². The third-order valence-corrected chi connectivity index (χ3v) is 4.26. The van der Waals surface area contributed by atoms with Crippen LogP contribution < -0.4 is 10.6 Å². The zero-order valence-electron chi connectivity index (χ0n) is 12.5. The first-order chi connectivity index (χ1) is 9.65. The topological polar surface area (TPSA) is 49.8 Å². The van der Waals surface area contributed by atoms with Crippen LogP contribution in [0.1, 0.15) is 42.1 Å². The summed E-state index contributed by atoms with van der Waals surface area (Å²) in [5.74, 6) is 2.60. The van der Waals surface area contributed by atoms with Crippen LogP contribution in [0.5, 0.6) is 0 Å². The van der Waals surface area contributed by atoms with Crippen molar-refractivity contribution in [3.05, 3.63) is 33.8 Å². The standard InChI is InChI=1S/C15H22N4S/c1-5-7-12(13-8-6-9-20-13)19-15-10(2)14(16-4)17-11(3)18-15/h6,8-9,12H,5,7H2,1-4H3,(H2,16,17,18,19). The van der Waals surface area contributed by atoms with Gasteiger partial charge in [-0.2, -0.15) is 0 Å². The second-order valence-corrected chi connectivity index (χ2v) is 5.82. The fraction of sp³-hybridized carbons (Fsp3) is 0.467. The molecular weight excluding hydrogens is 268 g/mol. The van der Waals surface area contributed by atoms with E-state index in [0.717, 1.165) is 35.9 Å². The van der Waals surface area contributed by atoms with Gasteiger partial charge < -0.3 is 10.6 Å². The molecule has 0 fully saturated rings. The first kappa shape index (κ1) is 14.8. The van der Waals surface area contributed by atoms with Crippen LogP contribution in [0.4, 0.5) is 11.6 Å². The van der Waals surface area contributed by atoms with Gasteiger partial charge in [0.1, 0.15) is 17.5 Å². The molecule has 0 aliphatic rings. The molecule has 0 radical (unpaired) electrons. The Balaban J connectivity index is 2.29. The summed E-state index contributed by atoms with van der Waals surface area (Å²) in [6.07, 6.45) is 2.23. The first-order valence-corrected chi connectivity index (χ1v) is 7.86. The molecule has 20 heavy (non-hydrogen) atoms. The average Bonchev–Trinajstić information content (AvgIpc) is 2.95. The van der Waals surface area contributed by atoms with Gasteiger partial charge in [0.25, 0.3) is 0 Å². The fourth-order valence-corrected chi connectivity index (χ4v) is 3.05. The Morgan fingerprint density at radius 2 is 2.00 bits per heavy atom. The zero-order valence-corrected chi connectivity index (χ0v) is 13.3. The van der Waals surface area contributed by atoms with Gasteiger partial charge >= 0.3 is 0 Å². The van der Waals surface area contributed by atoms with Crippen LogP contribution in [-0.4, -0.2) is 17.0 Å². The van der Waals surface area contributed by atoms with Gasteiger partial charge in [-0.15, -0.1) is 11.3 Å². The Bertz CT molecular complexity index is 551. The predicted molar refractivity (Wildman–Crippen MR) is 86.6 cm³/mol. The maximum Gasteiger partial charge on any atom is 0.135 e. The maximum atomic E-state index is 4.56. The summed E-state index contributed by atoms with van der Waals surface area (Å²) in [6.45, 7) is 6.18. The van der Waals surface area contributed by atoms with E-state index in [1.165, 1.54) is 4.88 Å². The minimum Gasteiger partial charge on any atom is -0.373 e. The molecule has 0 saturated heterocycles. The summed E-state index contributed by atoms with van der Waals surface area (Å²) in [6, 6.07) is 4.60. The van der Waals surface area contributed by atoms with Gasteiger partial charge in [0.15, 0.2) is 0 Å². The van der Waals surface area contributed by atoms with Crippen LogP contribution in [0.25, 0.3) is 0 Å². The molecule has 4 nitrogen and oxygen atoms in total. The molecule has 2 aromatic heterocycles.